The van der Waals surface area contributed by atoms with E-state index in [1.54, 1.807) is 0 Å². The van der Waals surface area contributed by atoms with Crippen molar-refractivity contribution in [3.8, 4) is 0 Å². The minimum absolute atomic E-state index is 0. The first-order chi connectivity index (χ1) is 3.81. The van der Waals surface area contributed by atoms with Gasteiger partial charge in [-0.2, -0.15) is 0 Å². The van der Waals surface area contributed by atoms with Crippen LogP contribution >= 0.6 is 0 Å². The molecule has 0 spiro atoms. The van der Waals surface area contributed by atoms with E-state index in [2.05, 4.69) is 6.92 Å². The monoisotopic (exact) mass is 140 g/mol. The van der Waals surface area contributed by atoms with Crippen molar-refractivity contribution < 1.29 is 31.0 Å². The summed E-state index contributed by atoms with van der Waals surface area (Å²) >= 11 is 0. The van der Waals surface area contributed by atoms with Gasteiger partial charge in [0.1, 0.15) is 0 Å². The van der Waals surface area contributed by atoms with Crippen molar-refractivity contribution in [1.82, 2.24) is 0 Å². The molecular formula is C6H17N2Na. The van der Waals surface area contributed by atoms with E-state index in [-0.39, 0.29) is 31.0 Å². The van der Waals surface area contributed by atoms with E-state index in [0.717, 1.165) is 19.5 Å². The largest absolute Gasteiger partial charge is 1.00 e. The maximum Gasteiger partial charge on any atom is 1.00 e. The fraction of sp³-hybridized carbons (Fsp3) is 1.00. The third-order valence-electron chi connectivity index (χ3n) is 1.30. The van der Waals surface area contributed by atoms with Gasteiger partial charge in [0.15, 0.2) is 0 Å². The Morgan fingerprint density at radius 1 is 1.44 bits per heavy atom. The van der Waals surface area contributed by atoms with Crippen LogP contribution in [-0.4, -0.2) is 13.1 Å². The van der Waals surface area contributed by atoms with Gasteiger partial charge >= 0.3 is 29.6 Å². The van der Waals surface area contributed by atoms with Crippen LogP contribution in [0, 0.1) is 5.92 Å². The molecule has 0 bridgehead atoms. The van der Waals surface area contributed by atoms with Crippen LogP contribution < -0.4 is 41.0 Å². The van der Waals surface area contributed by atoms with E-state index in [9.17, 15) is 0 Å². The molecule has 0 amide bonds. The van der Waals surface area contributed by atoms with Crippen molar-refractivity contribution in [1.29, 1.82) is 0 Å². The van der Waals surface area contributed by atoms with Crippen molar-refractivity contribution in [2.45, 2.75) is 19.8 Å². The standard InChI is InChI=1S/C6H16N2.Na.H/c1-6(5-8)3-2-4-7;;/h6H,2-5,7-8H2,1H3;;/q;+1;-1. The van der Waals surface area contributed by atoms with E-state index in [4.69, 9.17) is 11.5 Å². The second-order valence-corrected chi connectivity index (χ2v) is 2.27. The summed E-state index contributed by atoms with van der Waals surface area (Å²) in [7, 11) is 0. The van der Waals surface area contributed by atoms with Crippen molar-refractivity contribution in [3.05, 3.63) is 0 Å². The summed E-state index contributed by atoms with van der Waals surface area (Å²) in [6.45, 7) is 3.74. The third-order valence-corrected chi connectivity index (χ3v) is 1.30. The maximum atomic E-state index is 5.37. The average molecular weight is 140 g/mol. The molecule has 0 heterocycles. The van der Waals surface area contributed by atoms with Crippen LogP contribution in [0.1, 0.15) is 21.2 Å². The number of rotatable bonds is 4. The molecule has 4 N–H and O–H groups in total. The summed E-state index contributed by atoms with van der Waals surface area (Å²) in [4.78, 5) is 0. The molecule has 0 radical (unpaired) electrons. The zero-order chi connectivity index (χ0) is 6.41. The van der Waals surface area contributed by atoms with Gasteiger partial charge in [-0.25, -0.2) is 0 Å². The first kappa shape index (κ1) is 12.6. The molecule has 2 nitrogen and oxygen atoms in total. The molecule has 0 saturated heterocycles. The average Bonchev–Trinajstić information content (AvgIpc) is 1.83. The summed E-state index contributed by atoms with van der Waals surface area (Å²) in [5.41, 5.74) is 10.7. The summed E-state index contributed by atoms with van der Waals surface area (Å²) in [5.74, 6) is 0.651. The fourth-order valence-electron chi connectivity index (χ4n) is 0.584. The van der Waals surface area contributed by atoms with Crippen molar-refractivity contribution in [2.75, 3.05) is 13.1 Å². The summed E-state index contributed by atoms with van der Waals surface area (Å²) < 4.78 is 0. The van der Waals surface area contributed by atoms with E-state index in [1.807, 2.05) is 0 Å². The molecule has 0 aromatic heterocycles. The molecule has 0 aromatic carbocycles. The van der Waals surface area contributed by atoms with Crippen LogP contribution in [0.15, 0.2) is 0 Å². The van der Waals surface area contributed by atoms with E-state index >= 15 is 0 Å². The second-order valence-electron chi connectivity index (χ2n) is 2.27. The van der Waals surface area contributed by atoms with E-state index < -0.39 is 0 Å². The normalized spacial score (nSPS) is 12.3. The van der Waals surface area contributed by atoms with Gasteiger partial charge in [0.2, 0.25) is 0 Å². The second kappa shape index (κ2) is 8.92. The van der Waals surface area contributed by atoms with Crippen molar-refractivity contribution in [2.24, 2.45) is 17.4 Å². The van der Waals surface area contributed by atoms with Crippen LogP contribution in [0.3, 0.4) is 0 Å². The number of hydrogen-bond acceptors (Lipinski definition) is 2. The van der Waals surface area contributed by atoms with Crippen molar-refractivity contribution in [3.63, 3.8) is 0 Å². The Balaban J connectivity index is -0.000000245. The Bertz CT molecular complexity index is 55.0. The summed E-state index contributed by atoms with van der Waals surface area (Å²) in [5, 5.41) is 0. The van der Waals surface area contributed by atoms with E-state index in [0.29, 0.717) is 5.92 Å². The predicted octanol–water partition coefficient (Wildman–Crippen LogP) is -2.56. The topological polar surface area (TPSA) is 52.0 Å². The SMILES string of the molecule is CC(CN)CCCN.[H-].[Na+]. The molecule has 0 aliphatic rings. The first-order valence-corrected chi connectivity index (χ1v) is 3.21. The maximum absolute atomic E-state index is 5.37. The van der Waals surface area contributed by atoms with Crippen LogP contribution in [0.4, 0.5) is 0 Å². The Labute approximate surface area is 81.1 Å². The molecule has 3 heteroatoms. The number of hydrogen-bond donors (Lipinski definition) is 2. The van der Waals surface area contributed by atoms with Crippen LogP contribution in [0.5, 0.6) is 0 Å². The molecule has 0 aliphatic heterocycles. The minimum atomic E-state index is 0. The fourth-order valence-corrected chi connectivity index (χ4v) is 0.584. The van der Waals surface area contributed by atoms with Gasteiger partial charge < -0.3 is 12.9 Å². The third kappa shape index (κ3) is 8.92. The predicted molar refractivity (Wildman–Crippen MR) is 37.6 cm³/mol. The van der Waals surface area contributed by atoms with Gasteiger partial charge in [-0.3, -0.25) is 0 Å². The molecule has 1 atom stereocenters. The van der Waals surface area contributed by atoms with Gasteiger partial charge in [0.25, 0.3) is 0 Å². The molecule has 0 fully saturated rings. The summed E-state index contributed by atoms with van der Waals surface area (Å²) in [6, 6.07) is 0. The molecular weight excluding hydrogens is 123 g/mol. The zero-order valence-electron chi connectivity index (χ0n) is 7.56. The minimum Gasteiger partial charge on any atom is -1.00 e. The first-order valence-electron chi connectivity index (χ1n) is 3.21. The smallest absolute Gasteiger partial charge is 1.00 e. The Morgan fingerprint density at radius 2 is 2.00 bits per heavy atom. The Morgan fingerprint density at radius 3 is 2.33 bits per heavy atom. The van der Waals surface area contributed by atoms with Crippen LogP contribution in [-0.2, 0) is 0 Å². The van der Waals surface area contributed by atoms with Crippen molar-refractivity contribution >= 4 is 0 Å². The Kier molecular flexibility index (Phi) is 12.5. The van der Waals surface area contributed by atoms with Gasteiger partial charge in [-0.1, -0.05) is 6.92 Å². The Hall–Kier alpha value is 0.920. The molecule has 9 heavy (non-hydrogen) atoms. The molecule has 0 aromatic rings. The molecule has 52 valence electrons. The molecule has 0 aliphatic carbocycles. The van der Waals surface area contributed by atoms with Gasteiger partial charge in [0, 0.05) is 0 Å². The van der Waals surface area contributed by atoms with Gasteiger partial charge in [-0.15, -0.1) is 0 Å². The summed E-state index contributed by atoms with van der Waals surface area (Å²) in [6.07, 6.45) is 2.28. The quantitative estimate of drug-likeness (QED) is 0.422. The molecule has 1 unspecified atom stereocenters. The van der Waals surface area contributed by atoms with E-state index in [1.165, 1.54) is 6.42 Å². The van der Waals surface area contributed by atoms with Gasteiger partial charge in [-0.05, 0) is 31.8 Å². The molecule has 0 saturated carbocycles. The van der Waals surface area contributed by atoms with Gasteiger partial charge in [0.05, 0.1) is 0 Å². The molecule has 0 rings (SSSR count). The van der Waals surface area contributed by atoms with Crippen LogP contribution in [0.2, 0.25) is 0 Å². The van der Waals surface area contributed by atoms with Crippen LogP contribution in [0.25, 0.3) is 0 Å². The zero-order valence-corrected chi connectivity index (χ0v) is 8.56. The number of nitrogens with two attached hydrogens (primary N) is 2.